The van der Waals surface area contributed by atoms with E-state index in [0.717, 1.165) is 63.2 Å². The van der Waals surface area contributed by atoms with Gasteiger partial charge in [-0.1, -0.05) is 127 Å². The fourth-order valence-corrected chi connectivity index (χ4v) is 8.11. The molecule has 48 heavy (non-hydrogen) atoms. The van der Waals surface area contributed by atoms with E-state index in [2.05, 4.69) is 152 Å². The van der Waals surface area contributed by atoms with Crippen molar-refractivity contribution in [3.63, 3.8) is 0 Å². The smallest absolute Gasteiger partial charge is 0.160 e. The van der Waals surface area contributed by atoms with Crippen LogP contribution in [0.15, 0.2) is 158 Å². The zero-order valence-electron chi connectivity index (χ0n) is 26.2. The predicted octanol–water partition coefficient (Wildman–Crippen LogP) is 11.2. The van der Waals surface area contributed by atoms with Crippen LogP contribution >= 0.6 is 0 Å². The second-order valence-corrected chi connectivity index (χ2v) is 12.8. The molecule has 7 aromatic rings. The van der Waals surface area contributed by atoms with Gasteiger partial charge in [0.25, 0.3) is 0 Å². The van der Waals surface area contributed by atoms with Gasteiger partial charge in [-0.05, 0) is 76.6 Å². The molecule has 226 valence electrons. The first kappa shape index (κ1) is 27.1. The Morgan fingerprint density at radius 3 is 1.96 bits per heavy atom. The Bertz CT molecular complexity index is 2440. The van der Waals surface area contributed by atoms with Crippen LogP contribution in [0.5, 0.6) is 11.5 Å². The van der Waals surface area contributed by atoms with Gasteiger partial charge in [-0.2, -0.15) is 0 Å². The fraction of sp³-hybridized carbons (Fsp3) is 0.0667. The zero-order valence-corrected chi connectivity index (χ0v) is 26.2. The molecule has 0 fully saturated rings. The van der Waals surface area contributed by atoms with Crippen molar-refractivity contribution in [1.29, 1.82) is 0 Å². The highest BCUT2D eigenvalue weighted by atomic mass is 16.5. The number of nitrogens with zero attached hydrogens (tertiary/aromatic N) is 2. The number of para-hydroxylation sites is 2. The third kappa shape index (κ3) is 3.88. The first-order valence-electron chi connectivity index (χ1n) is 16.6. The van der Waals surface area contributed by atoms with Crippen molar-refractivity contribution in [3.05, 3.63) is 186 Å². The lowest BCUT2D eigenvalue weighted by atomic mass is 9.66. The highest BCUT2D eigenvalue weighted by Gasteiger charge is 2.51. The van der Waals surface area contributed by atoms with Crippen LogP contribution in [0.1, 0.15) is 40.7 Å². The van der Waals surface area contributed by atoms with Gasteiger partial charge in [0.05, 0.1) is 16.6 Å². The number of benzene rings is 6. The minimum atomic E-state index is -0.536. The third-order valence-electron chi connectivity index (χ3n) is 10.3. The number of hydrogen-bond donors (Lipinski definition) is 0. The number of allylic oxidation sites excluding steroid dienone is 4. The van der Waals surface area contributed by atoms with E-state index in [0.29, 0.717) is 5.82 Å². The largest absolute Gasteiger partial charge is 0.457 e. The Hall–Kier alpha value is -6.06. The van der Waals surface area contributed by atoms with E-state index in [-0.39, 0.29) is 0 Å². The topological polar surface area (TPSA) is 35.0 Å². The van der Waals surface area contributed by atoms with Gasteiger partial charge in [0, 0.05) is 27.6 Å². The van der Waals surface area contributed by atoms with E-state index in [1.807, 2.05) is 6.07 Å². The van der Waals surface area contributed by atoms with E-state index in [1.165, 1.54) is 33.4 Å². The lowest BCUT2D eigenvalue weighted by molar-refractivity contribution is 0.436. The third-order valence-corrected chi connectivity index (χ3v) is 10.3. The molecule has 3 heteroatoms. The molecule has 1 spiro atoms. The quantitative estimate of drug-likeness (QED) is 0.199. The molecule has 3 aliphatic rings. The van der Waals surface area contributed by atoms with Crippen LogP contribution < -0.4 is 4.74 Å². The van der Waals surface area contributed by atoms with Crippen molar-refractivity contribution in [2.45, 2.75) is 18.3 Å². The lowest BCUT2D eigenvalue weighted by Gasteiger charge is -2.39. The molecule has 0 saturated heterocycles. The second kappa shape index (κ2) is 10.5. The molecule has 0 radical (unpaired) electrons. The standard InChI is InChI=1S/C45H30N2O/c1-2-12-29(13-3-1)30-22-24-31(25-23-30)43-35-16-6-10-20-40(35)46-44(47-43)32-26-27-42-39(28-32)45(38-19-9-11-21-41(38)48-42)36-17-7-4-14-33(36)34-15-5-8-18-37(34)45/h1-2,4-12,14-28H,3,13H2. The molecule has 0 N–H and O–H groups in total. The van der Waals surface area contributed by atoms with Gasteiger partial charge in [-0.25, -0.2) is 9.97 Å². The molecule has 6 aromatic carbocycles. The van der Waals surface area contributed by atoms with Crippen molar-refractivity contribution in [1.82, 2.24) is 9.97 Å². The molecule has 10 rings (SSSR count). The maximum absolute atomic E-state index is 6.66. The number of rotatable bonds is 3. The maximum atomic E-state index is 6.66. The molecular formula is C45H30N2O. The van der Waals surface area contributed by atoms with E-state index >= 15 is 0 Å². The molecule has 0 unspecified atom stereocenters. The first-order chi connectivity index (χ1) is 23.8. The molecule has 0 bridgehead atoms. The van der Waals surface area contributed by atoms with Gasteiger partial charge in [-0.15, -0.1) is 0 Å². The Morgan fingerprint density at radius 1 is 0.542 bits per heavy atom. The van der Waals surface area contributed by atoms with Crippen LogP contribution in [0.2, 0.25) is 0 Å². The summed E-state index contributed by atoms with van der Waals surface area (Å²) in [6.45, 7) is 0. The summed E-state index contributed by atoms with van der Waals surface area (Å²) in [6, 6.07) is 49.8. The lowest BCUT2D eigenvalue weighted by Crippen LogP contribution is -2.32. The second-order valence-electron chi connectivity index (χ2n) is 12.8. The van der Waals surface area contributed by atoms with Gasteiger partial charge in [0.2, 0.25) is 0 Å². The summed E-state index contributed by atoms with van der Waals surface area (Å²) in [4.78, 5) is 10.5. The molecule has 2 heterocycles. The molecule has 1 aromatic heterocycles. The van der Waals surface area contributed by atoms with Gasteiger partial charge in [0.15, 0.2) is 5.82 Å². The van der Waals surface area contributed by atoms with E-state index in [4.69, 9.17) is 14.7 Å². The predicted molar refractivity (Wildman–Crippen MR) is 194 cm³/mol. The van der Waals surface area contributed by atoms with Gasteiger partial charge in [0.1, 0.15) is 11.5 Å². The average molecular weight is 615 g/mol. The van der Waals surface area contributed by atoms with Gasteiger partial charge >= 0.3 is 0 Å². The number of aromatic nitrogens is 2. The normalized spacial score (nSPS) is 14.9. The SMILES string of the molecule is C1=CCCC(c2ccc(-c3nc(-c4ccc5c(c4)C4(c6ccccc6O5)c5ccccc5-c5ccccc54)nc4ccccc34)cc2)=C1. The van der Waals surface area contributed by atoms with Crippen molar-refractivity contribution >= 4 is 16.5 Å². The van der Waals surface area contributed by atoms with Crippen molar-refractivity contribution in [3.8, 4) is 45.3 Å². The van der Waals surface area contributed by atoms with Gasteiger partial charge in [-0.3, -0.25) is 0 Å². The first-order valence-corrected chi connectivity index (χ1v) is 16.6. The fourth-order valence-electron chi connectivity index (χ4n) is 8.11. The van der Waals surface area contributed by atoms with Crippen LogP contribution in [0, 0.1) is 0 Å². The number of hydrogen-bond acceptors (Lipinski definition) is 3. The average Bonchev–Trinajstić information content (AvgIpc) is 3.45. The summed E-state index contributed by atoms with van der Waals surface area (Å²) >= 11 is 0. The van der Waals surface area contributed by atoms with E-state index in [1.54, 1.807) is 0 Å². The summed E-state index contributed by atoms with van der Waals surface area (Å²) in [5.41, 5.74) is 13.3. The maximum Gasteiger partial charge on any atom is 0.160 e. The Labute approximate surface area is 279 Å². The highest BCUT2D eigenvalue weighted by molar-refractivity contribution is 5.94. The number of fused-ring (bicyclic) bond motifs is 10. The van der Waals surface area contributed by atoms with Crippen LogP contribution in [0.3, 0.4) is 0 Å². The summed E-state index contributed by atoms with van der Waals surface area (Å²) in [5, 5.41) is 1.04. The molecule has 2 aliphatic carbocycles. The van der Waals surface area contributed by atoms with E-state index in [9.17, 15) is 0 Å². The molecular weight excluding hydrogens is 585 g/mol. The molecule has 3 nitrogen and oxygen atoms in total. The van der Waals surface area contributed by atoms with Crippen molar-refractivity contribution in [2.75, 3.05) is 0 Å². The number of ether oxygens (including phenoxy) is 1. The van der Waals surface area contributed by atoms with Crippen molar-refractivity contribution < 1.29 is 4.74 Å². The Balaban J connectivity index is 1.18. The molecule has 0 amide bonds. The minimum absolute atomic E-state index is 0.536. The van der Waals surface area contributed by atoms with Crippen molar-refractivity contribution in [2.24, 2.45) is 0 Å². The monoisotopic (exact) mass is 614 g/mol. The van der Waals surface area contributed by atoms with E-state index < -0.39 is 5.41 Å². The summed E-state index contributed by atoms with van der Waals surface area (Å²) < 4.78 is 6.66. The van der Waals surface area contributed by atoms with Crippen LogP contribution in [-0.2, 0) is 5.41 Å². The van der Waals surface area contributed by atoms with Crippen LogP contribution in [0.25, 0.3) is 50.2 Å². The minimum Gasteiger partial charge on any atom is -0.457 e. The summed E-state index contributed by atoms with van der Waals surface area (Å²) in [7, 11) is 0. The Kier molecular flexibility index (Phi) is 5.91. The van der Waals surface area contributed by atoms with Crippen LogP contribution in [0.4, 0.5) is 0 Å². The Morgan fingerprint density at radius 2 is 1.19 bits per heavy atom. The van der Waals surface area contributed by atoms with Crippen LogP contribution in [-0.4, -0.2) is 9.97 Å². The summed E-state index contributed by atoms with van der Waals surface area (Å²) in [6.07, 6.45) is 8.77. The van der Waals surface area contributed by atoms with Gasteiger partial charge < -0.3 is 4.74 Å². The molecule has 0 atom stereocenters. The highest BCUT2D eigenvalue weighted by Crippen LogP contribution is 2.62. The zero-order chi connectivity index (χ0) is 31.7. The molecule has 0 saturated carbocycles. The molecule has 1 aliphatic heterocycles. The summed E-state index contributed by atoms with van der Waals surface area (Å²) in [5.74, 6) is 2.44.